The second-order valence-electron chi connectivity index (χ2n) is 7.83. The first kappa shape index (κ1) is 17.7. The molecule has 0 atom stereocenters. The lowest BCUT2D eigenvalue weighted by Gasteiger charge is -2.24. The van der Waals surface area contributed by atoms with Gasteiger partial charge in [0.05, 0.1) is 11.6 Å². The van der Waals surface area contributed by atoms with E-state index in [0.29, 0.717) is 24.2 Å². The molecule has 0 saturated heterocycles. The van der Waals surface area contributed by atoms with Crippen LogP contribution in [0.4, 0.5) is 5.82 Å². The average molecular weight is 390 g/mol. The Morgan fingerprint density at radius 1 is 1.28 bits per heavy atom. The minimum absolute atomic E-state index is 0.146. The fraction of sp³-hybridized carbons (Fsp3) is 0.333. The summed E-state index contributed by atoms with van der Waals surface area (Å²) in [7, 11) is 0. The van der Waals surface area contributed by atoms with E-state index in [4.69, 9.17) is 10.7 Å². The van der Waals surface area contributed by atoms with Crippen LogP contribution in [0.1, 0.15) is 43.0 Å². The molecule has 1 aliphatic carbocycles. The van der Waals surface area contributed by atoms with E-state index in [2.05, 4.69) is 40.2 Å². The molecule has 148 valence electrons. The van der Waals surface area contributed by atoms with Crippen molar-refractivity contribution in [1.29, 1.82) is 0 Å². The third kappa shape index (κ3) is 2.83. The normalized spacial score (nSPS) is 19.8. The lowest BCUT2D eigenvalue weighted by Crippen LogP contribution is -2.21. The molecule has 3 aromatic heterocycles. The van der Waals surface area contributed by atoms with Gasteiger partial charge >= 0.3 is 5.97 Å². The Kier molecular flexibility index (Phi) is 4.01. The molecule has 1 aromatic carbocycles. The van der Waals surface area contributed by atoms with Gasteiger partial charge in [0.2, 0.25) is 0 Å². The number of nitrogens with one attached hydrogen (secondary N) is 1. The van der Waals surface area contributed by atoms with Gasteiger partial charge < -0.3 is 15.8 Å². The van der Waals surface area contributed by atoms with E-state index >= 15 is 0 Å². The van der Waals surface area contributed by atoms with Crippen LogP contribution in [-0.4, -0.2) is 35.6 Å². The topological polar surface area (TPSA) is 122 Å². The largest absolute Gasteiger partial charge is 0.481 e. The van der Waals surface area contributed by atoms with Gasteiger partial charge in [-0.1, -0.05) is 18.2 Å². The number of aliphatic carboxylic acids is 1. The molecule has 0 aliphatic heterocycles. The third-order valence-corrected chi connectivity index (χ3v) is 6.05. The van der Waals surface area contributed by atoms with Gasteiger partial charge in [-0.05, 0) is 44.2 Å². The molecule has 3 heterocycles. The Balaban J connectivity index is 1.63. The lowest BCUT2D eigenvalue weighted by molar-refractivity contribution is -0.142. The first-order valence-electron chi connectivity index (χ1n) is 9.83. The number of nitrogen functional groups attached to an aromatic ring is 1. The number of hydrogen-bond acceptors (Lipinski definition) is 5. The number of fused-ring (bicyclic) bond motifs is 2. The SMILES string of the molecule is Cc1cccc2cc(-c3nc([C@H]4CC[C@H](C(=O)O)CC4)n4ncnc(N)c34)[nH]c12. The van der Waals surface area contributed by atoms with Gasteiger partial charge in [0.1, 0.15) is 23.4 Å². The number of carbonyl (C=O) groups is 1. The zero-order chi connectivity index (χ0) is 20.1. The number of imidazole rings is 1. The lowest BCUT2D eigenvalue weighted by atomic mass is 9.82. The number of hydrogen-bond donors (Lipinski definition) is 3. The number of H-pyrrole nitrogens is 1. The van der Waals surface area contributed by atoms with Crippen LogP contribution in [0.3, 0.4) is 0 Å². The summed E-state index contributed by atoms with van der Waals surface area (Å²) in [4.78, 5) is 23.9. The smallest absolute Gasteiger partial charge is 0.306 e. The summed E-state index contributed by atoms with van der Waals surface area (Å²) in [5, 5.41) is 14.8. The third-order valence-electron chi connectivity index (χ3n) is 6.05. The monoisotopic (exact) mass is 390 g/mol. The fourth-order valence-electron chi connectivity index (χ4n) is 4.46. The molecule has 5 rings (SSSR count). The second-order valence-corrected chi connectivity index (χ2v) is 7.83. The van der Waals surface area contributed by atoms with Crippen LogP contribution in [0.5, 0.6) is 0 Å². The molecule has 0 bridgehead atoms. The fourth-order valence-corrected chi connectivity index (χ4v) is 4.46. The number of nitrogens with two attached hydrogens (primary N) is 1. The molecule has 4 aromatic rings. The Morgan fingerprint density at radius 2 is 2.07 bits per heavy atom. The first-order valence-corrected chi connectivity index (χ1v) is 9.83. The Labute approximate surface area is 166 Å². The Bertz CT molecular complexity index is 1230. The van der Waals surface area contributed by atoms with E-state index in [0.717, 1.165) is 46.5 Å². The van der Waals surface area contributed by atoms with Gasteiger partial charge in [-0.2, -0.15) is 5.10 Å². The molecule has 1 saturated carbocycles. The van der Waals surface area contributed by atoms with E-state index in [-0.39, 0.29) is 11.8 Å². The summed E-state index contributed by atoms with van der Waals surface area (Å²) in [6.07, 6.45) is 4.28. The zero-order valence-corrected chi connectivity index (χ0v) is 16.1. The number of aromatic amines is 1. The van der Waals surface area contributed by atoms with Crippen LogP contribution < -0.4 is 5.73 Å². The van der Waals surface area contributed by atoms with Crippen LogP contribution in [-0.2, 0) is 4.79 Å². The summed E-state index contributed by atoms with van der Waals surface area (Å²) in [5.74, 6) is 0.365. The van der Waals surface area contributed by atoms with Crippen LogP contribution >= 0.6 is 0 Å². The van der Waals surface area contributed by atoms with Gasteiger partial charge in [0.25, 0.3) is 0 Å². The number of para-hydroxylation sites is 1. The zero-order valence-electron chi connectivity index (χ0n) is 16.1. The number of aryl methyl sites for hydroxylation is 1. The standard InChI is InChI=1S/C21H22N6O2/c1-11-3-2-4-14-9-15(25-16(11)14)17-18-19(22)23-10-24-27(18)20(26-17)12-5-7-13(8-6-12)21(28)29/h2-4,9-10,12-13,25H,5-8H2,1H3,(H,28,29)(H2,22,23,24)/t12-,13-. The van der Waals surface area contributed by atoms with Crippen LogP contribution in [0.2, 0.25) is 0 Å². The van der Waals surface area contributed by atoms with Crippen molar-refractivity contribution in [3.8, 4) is 11.4 Å². The summed E-state index contributed by atoms with van der Waals surface area (Å²) >= 11 is 0. The van der Waals surface area contributed by atoms with Crippen molar-refractivity contribution >= 4 is 28.2 Å². The van der Waals surface area contributed by atoms with Crippen molar-refractivity contribution in [3.63, 3.8) is 0 Å². The highest BCUT2D eigenvalue weighted by Gasteiger charge is 2.31. The number of rotatable bonds is 3. The molecular weight excluding hydrogens is 368 g/mol. The van der Waals surface area contributed by atoms with E-state index in [1.807, 2.05) is 6.07 Å². The molecule has 29 heavy (non-hydrogen) atoms. The van der Waals surface area contributed by atoms with Crippen molar-refractivity contribution in [2.24, 2.45) is 5.92 Å². The van der Waals surface area contributed by atoms with E-state index < -0.39 is 5.97 Å². The van der Waals surface area contributed by atoms with Crippen molar-refractivity contribution < 1.29 is 9.90 Å². The highest BCUT2D eigenvalue weighted by molar-refractivity contribution is 5.92. The maximum atomic E-state index is 11.3. The quantitative estimate of drug-likeness (QED) is 0.492. The van der Waals surface area contributed by atoms with Gasteiger partial charge in [0.15, 0.2) is 5.82 Å². The van der Waals surface area contributed by atoms with E-state index in [9.17, 15) is 9.90 Å². The highest BCUT2D eigenvalue weighted by Crippen LogP contribution is 2.38. The Morgan fingerprint density at radius 3 is 2.79 bits per heavy atom. The molecule has 0 amide bonds. The number of carboxylic acids is 1. The second kappa shape index (κ2) is 6.58. The van der Waals surface area contributed by atoms with Gasteiger partial charge in [0, 0.05) is 16.8 Å². The number of carboxylic acid groups (broad SMARTS) is 1. The van der Waals surface area contributed by atoms with Crippen LogP contribution in [0, 0.1) is 12.8 Å². The molecule has 0 radical (unpaired) electrons. The molecule has 1 aliphatic rings. The Hall–Kier alpha value is -3.42. The predicted molar refractivity (Wildman–Crippen MR) is 110 cm³/mol. The van der Waals surface area contributed by atoms with Crippen molar-refractivity contribution in [2.45, 2.75) is 38.5 Å². The molecule has 8 heteroatoms. The number of anilines is 1. The van der Waals surface area contributed by atoms with Crippen LogP contribution in [0.25, 0.3) is 27.8 Å². The van der Waals surface area contributed by atoms with E-state index in [1.54, 1.807) is 4.52 Å². The molecule has 0 unspecified atom stereocenters. The maximum absolute atomic E-state index is 11.3. The summed E-state index contributed by atoms with van der Waals surface area (Å²) < 4.78 is 1.78. The van der Waals surface area contributed by atoms with Crippen molar-refractivity contribution in [2.75, 3.05) is 5.73 Å². The first-order chi connectivity index (χ1) is 14.0. The summed E-state index contributed by atoms with van der Waals surface area (Å²) in [6, 6.07) is 8.23. The van der Waals surface area contributed by atoms with Gasteiger partial charge in [-0.3, -0.25) is 4.79 Å². The molecule has 8 nitrogen and oxygen atoms in total. The number of nitrogens with zero attached hydrogens (tertiary/aromatic N) is 4. The number of benzene rings is 1. The van der Waals surface area contributed by atoms with Gasteiger partial charge in [-0.25, -0.2) is 14.5 Å². The summed E-state index contributed by atoms with van der Waals surface area (Å²) in [6.45, 7) is 2.07. The van der Waals surface area contributed by atoms with Crippen molar-refractivity contribution in [1.82, 2.24) is 24.6 Å². The maximum Gasteiger partial charge on any atom is 0.306 e. The molecule has 4 N–H and O–H groups in total. The van der Waals surface area contributed by atoms with Crippen LogP contribution in [0.15, 0.2) is 30.6 Å². The van der Waals surface area contributed by atoms with Gasteiger partial charge in [-0.15, -0.1) is 0 Å². The number of aromatic nitrogens is 5. The minimum atomic E-state index is -0.711. The minimum Gasteiger partial charge on any atom is -0.481 e. The highest BCUT2D eigenvalue weighted by atomic mass is 16.4. The molecule has 0 spiro atoms. The predicted octanol–water partition coefficient (Wildman–Crippen LogP) is 3.52. The molecule has 1 fully saturated rings. The molecular formula is C21H22N6O2. The van der Waals surface area contributed by atoms with E-state index in [1.165, 1.54) is 6.33 Å². The van der Waals surface area contributed by atoms with Crippen molar-refractivity contribution in [3.05, 3.63) is 42.0 Å². The summed E-state index contributed by atoms with van der Waals surface area (Å²) in [5.41, 5.74) is 10.7. The average Bonchev–Trinajstić information content (AvgIpc) is 3.31.